The van der Waals surface area contributed by atoms with Gasteiger partial charge in [0.05, 0.1) is 11.2 Å². The van der Waals surface area contributed by atoms with Crippen LogP contribution in [0.2, 0.25) is 0 Å². The van der Waals surface area contributed by atoms with Crippen LogP contribution in [0.15, 0.2) is 59.0 Å². The number of benzene rings is 3. The zero-order chi connectivity index (χ0) is 22.4. The topological polar surface area (TPSA) is 26.0 Å². The Balaban J connectivity index is 1.89. The number of fused-ring (bicyclic) bond motifs is 3. The minimum atomic E-state index is -0.200. The molecule has 0 aliphatic heterocycles. The highest BCUT2D eigenvalue weighted by Crippen LogP contribution is 2.52. The lowest BCUT2D eigenvalue weighted by atomic mass is 9.76. The molecule has 0 saturated carbocycles. The van der Waals surface area contributed by atoms with Crippen LogP contribution < -0.4 is 0 Å². The maximum atomic E-state index is 6.76. The molecule has 2 aromatic heterocycles. The third kappa shape index (κ3) is 2.44. The SMILES string of the molecule is CC(C)c1ccc2c3c1oc1c(C(C)C)ccc(c13)C(C)(C)c1cc3ccccc3nc1-2. The van der Waals surface area contributed by atoms with E-state index in [1.165, 1.54) is 44.0 Å². The van der Waals surface area contributed by atoms with Crippen LogP contribution in [0.4, 0.5) is 0 Å². The third-order valence-electron chi connectivity index (χ3n) is 7.40. The Bertz CT molecular complexity index is 1550. The molecule has 6 rings (SSSR count). The molecule has 2 heteroatoms. The standard InChI is InChI=1S/C30H29NO/c1-16(2)19-11-12-21-25-26-22(14-13-20(17(3)4)29(26)32-28(19)25)30(5,6)23-15-18-9-7-8-10-24(18)31-27(21)23/h7-17H,1-6H3. The molecule has 160 valence electrons. The van der Waals surface area contributed by atoms with Crippen LogP contribution in [0.5, 0.6) is 0 Å². The van der Waals surface area contributed by atoms with Crippen LogP contribution in [0.3, 0.4) is 0 Å². The summed E-state index contributed by atoms with van der Waals surface area (Å²) in [7, 11) is 0. The molecule has 1 aliphatic rings. The van der Waals surface area contributed by atoms with Crippen LogP contribution in [0, 0.1) is 0 Å². The number of rotatable bonds is 2. The van der Waals surface area contributed by atoms with Gasteiger partial charge in [-0.15, -0.1) is 0 Å². The van der Waals surface area contributed by atoms with Gasteiger partial charge in [-0.05, 0) is 46.2 Å². The summed E-state index contributed by atoms with van der Waals surface area (Å²) in [5.74, 6) is 0.779. The molecule has 0 saturated heterocycles. The van der Waals surface area contributed by atoms with E-state index in [0.29, 0.717) is 11.8 Å². The van der Waals surface area contributed by atoms with Crippen LogP contribution >= 0.6 is 0 Å². The number of pyridine rings is 1. The van der Waals surface area contributed by atoms with E-state index >= 15 is 0 Å². The molecule has 5 aromatic rings. The molecule has 3 aromatic carbocycles. The highest BCUT2D eigenvalue weighted by atomic mass is 16.3. The number of aromatic nitrogens is 1. The van der Waals surface area contributed by atoms with Crippen molar-refractivity contribution in [3.05, 3.63) is 76.9 Å². The normalized spacial score (nSPS) is 14.8. The van der Waals surface area contributed by atoms with Gasteiger partial charge < -0.3 is 4.42 Å². The summed E-state index contributed by atoms with van der Waals surface area (Å²) >= 11 is 0. The van der Waals surface area contributed by atoms with Crippen molar-refractivity contribution < 1.29 is 4.42 Å². The van der Waals surface area contributed by atoms with Gasteiger partial charge in [-0.3, -0.25) is 0 Å². The summed E-state index contributed by atoms with van der Waals surface area (Å²) < 4.78 is 6.76. The first kappa shape index (κ1) is 19.5. The van der Waals surface area contributed by atoms with Gasteiger partial charge in [0, 0.05) is 27.1 Å². The summed E-state index contributed by atoms with van der Waals surface area (Å²) in [5, 5.41) is 3.70. The molecule has 1 aliphatic carbocycles. The number of hydrogen-bond donors (Lipinski definition) is 0. The van der Waals surface area contributed by atoms with E-state index in [-0.39, 0.29) is 5.41 Å². The Morgan fingerprint density at radius 3 is 2.12 bits per heavy atom. The van der Waals surface area contributed by atoms with E-state index < -0.39 is 0 Å². The smallest absolute Gasteiger partial charge is 0.139 e. The Hall–Kier alpha value is -3.13. The molecule has 0 atom stereocenters. The van der Waals surface area contributed by atoms with Crippen LogP contribution in [-0.4, -0.2) is 4.98 Å². The highest BCUT2D eigenvalue weighted by molar-refractivity contribution is 6.17. The second kappa shape index (κ2) is 6.45. The first-order valence-corrected chi connectivity index (χ1v) is 11.7. The van der Waals surface area contributed by atoms with Crippen molar-refractivity contribution in [2.75, 3.05) is 0 Å². The van der Waals surface area contributed by atoms with E-state index in [4.69, 9.17) is 9.40 Å². The average Bonchev–Trinajstić information content (AvgIpc) is 3.13. The largest absolute Gasteiger partial charge is 0.455 e. The molecule has 0 radical (unpaired) electrons. The maximum Gasteiger partial charge on any atom is 0.139 e. The summed E-state index contributed by atoms with van der Waals surface area (Å²) in [6, 6.07) is 19.9. The average molecular weight is 420 g/mol. The van der Waals surface area contributed by atoms with Crippen LogP contribution in [-0.2, 0) is 5.41 Å². The van der Waals surface area contributed by atoms with E-state index in [1.807, 2.05) is 0 Å². The summed E-state index contributed by atoms with van der Waals surface area (Å²) in [6.45, 7) is 13.7. The van der Waals surface area contributed by atoms with Gasteiger partial charge in [-0.1, -0.05) is 84.0 Å². The van der Waals surface area contributed by atoms with E-state index in [1.54, 1.807) is 0 Å². The lowest BCUT2D eigenvalue weighted by Gasteiger charge is -2.28. The number of furan rings is 1. The number of nitrogens with zero attached hydrogens (tertiary/aromatic N) is 1. The molecular formula is C30H29NO. The van der Waals surface area contributed by atoms with Gasteiger partial charge in [0.15, 0.2) is 0 Å². The van der Waals surface area contributed by atoms with Crippen molar-refractivity contribution in [2.45, 2.75) is 58.8 Å². The molecule has 0 spiro atoms. The van der Waals surface area contributed by atoms with Gasteiger partial charge in [-0.2, -0.15) is 0 Å². The summed E-state index contributed by atoms with van der Waals surface area (Å²) in [5.41, 5.74) is 10.3. The molecule has 0 bridgehead atoms. The quantitative estimate of drug-likeness (QED) is 0.286. The monoisotopic (exact) mass is 419 g/mol. The van der Waals surface area contributed by atoms with E-state index in [2.05, 4.69) is 96.1 Å². The fourth-order valence-corrected chi connectivity index (χ4v) is 5.59. The Morgan fingerprint density at radius 1 is 0.750 bits per heavy atom. The minimum absolute atomic E-state index is 0.200. The predicted octanol–water partition coefficient (Wildman–Crippen LogP) is 8.69. The first-order chi connectivity index (χ1) is 15.3. The van der Waals surface area contributed by atoms with Crippen molar-refractivity contribution >= 4 is 32.8 Å². The second-order valence-corrected chi connectivity index (χ2v) is 10.4. The maximum absolute atomic E-state index is 6.76. The van der Waals surface area contributed by atoms with Gasteiger partial charge in [0.25, 0.3) is 0 Å². The van der Waals surface area contributed by atoms with Crippen molar-refractivity contribution in [3.8, 4) is 11.3 Å². The van der Waals surface area contributed by atoms with Crippen molar-refractivity contribution in [2.24, 2.45) is 0 Å². The molecule has 32 heavy (non-hydrogen) atoms. The highest BCUT2D eigenvalue weighted by Gasteiger charge is 2.36. The summed E-state index contributed by atoms with van der Waals surface area (Å²) in [4.78, 5) is 5.24. The van der Waals surface area contributed by atoms with Crippen molar-refractivity contribution in [1.82, 2.24) is 4.98 Å². The lowest BCUT2D eigenvalue weighted by molar-refractivity contribution is 0.633. The van der Waals surface area contributed by atoms with Crippen molar-refractivity contribution in [1.29, 1.82) is 0 Å². The van der Waals surface area contributed by atoms with Gasteiger partial charge in [0.1, 0.15) is 11.2 Å². The Kier molecular flexibility index (Phi) is 3.94. The fraction of sp³-hybridized carbons (Fsp3) is 0.300. The molecule has 0 amide bonds. The number of para-hydroxylation sites is 1. The zero-order valence-electron chi connectivity index (χ0n) is 19.7. The Morgan fingerprint density at radius 2 is 1.41 bits per heavy atom. The van der Waals surface area contributed by atoms with Gasteiger partial charge in [0.2, 0.25) is 0 Å². The molecule has 0 N–H and O–H groups in total. The summed E-state index contributed by atoms with van der Waals surface area (Å²) in [6.07, 6.45) is 0. The van der Waals surface area contributed by atoms with Gasteiger partial charge in [-0.25, -0.2) is 4.98 Å². The second-order valence-electron chi connectivity index (χ2n) is 10.4. The zero-order valence-corrected chi connectivity index (χ0v) is 19.7. The van der Waals surface area contributed by atoms with E-state index in [9.17, 15) is 0 Å². The predicted molar refractivity (Wildman–Crippen MR) is 135 cm³/mol. The first-order valence-electron chi connectivity index (χ1n) is 11.7. The fourth-order valence-electron chi connectivity index (χ4n) is 5.59. The van der Waals surface area contributed by atoms with E-state index in [0.717, 1.165) is 22.4 Å². The van der Waals surface area contributed by atoms with Gasteiger partial charge >= 0.3 is 0 Å². The molecule has 0 unspecified atom stereocenters. The third-order valence-corrected chi connectivity index (χ3v) is 7.40. The molecule has 0 fully saturated rings. The van der Waals surface area contributed by atoms with Crippen LogP contribution in [0.1, 0.15) is 75.6 Å². The van der Waals surface area contributed by atoms with Crippen molar-refractivity contribution in [3.63, 3.8) is 0 Å². The lowest BCUT2D eigenvalue weighted by Crippen LogP contribution is -2.20. The number of hydrogen-bond acceptors (Lipinski definition) is 2. The van der Waals surface area contributed by atoms with Crippen LogP contribution in [0.25, 0.3) is 44.1 Å². The minimum Gasteiger partial charge on any atom is -0.455 e. The molecular weight excluding hydrogens is 390 g/mol. The Labute approximate surface area is 189 Å². The molecule has 2 nitrogen and oxygen atoms in total. The molecule has 2 heterocycles.